The first-order valence-corrected chi connectivity index (χ1v) is 6.61. The highest BCUT2D eigenvalue weighted by molar-refractivity contribution is 5.27. The van der Waals surface area contributed by atoms with Crippen molar-refractivity contribution < 1.29 is 9.84 Å². The quantitative estimate of drug-likeness (QED) is 0.808. The van der Waals surface area contributed by atoms with Crippen LogP contribution in [0.3, 0.4) is 0 Å². The molecule has 0 saturated heterocycles. The van der Waals surface area contributed by atoms with E-state index in [-0.39, 0.29) is 6.10 Å². The first-order valence-electron chi connectivity index (χ1n) is 6.61. The summed E-state index contributed by atoms with van der Waals surface area (Å²) in [5, 5.41) is 9.78. The maximum absolute atomic E-state index is 9.78. The van der Waals surface area contributed by atoms with Crippen LogP contribution in [0.15, 0.2) is 24.3 Å². The Hall–Kier alpha value is -1.06. The molecule has 0 aromatic heterocycles. The minimum atomic E-state index is -0.245. The predicted octanol–water partition coefficient (Wildman–Crippen LogP) is 2.68. The van der Waals surface area contributed by atoms with E-state index < -0.39 is 0 Å². The Kier molecular flexibility index (Phi) is 6.16. The van der Waals surface area contributed by atoms with E-state index in [4.69, 9.17) is 4.74 Å². The second-order valence-electron chi connectivity index (χ2n) is 4.93. The van der Waals surface area contributed by atoms with Crippen LogP contribution in [0, 0.1) is 0 Å². The molecule has 0 radical (unpaired) electrons. The van der Waals surface area contributed by atoms with E-state index in [2.05, 4.69) is 30.9 Å². The van der Waals surface area contributed by atoms with Gasteiger partial charge in [0.1, 0.15) is 5.75 Å². The first-order chi connectivity index (χ1) is 8.56. The molecule has 1 rings (SSSR count). The van der Waals surface area contributed by atoms with Gasteiger partial charge in [-0.05, 0) is 38.0 Å². The molecule has 0 bridgehead atoms. The Morgan fingerprint density at radius 2 is 1.83 bits per heavy atom. The zero-order valence-electron chi connectivity index (χ0n) is 11.9. The Bertz CT molecular complexity index is 335. The van der Waals surface area contributed by atoms with Crippen molar-refractivity contribution in [2.45, 2.75) is 45.9 Å². The monoisotopic (exact) mass is 251 g/mol. The van der Waals surface area contributed by atoms with Crippen molar-refractivity contribution in [2.24, 2.45) is 0 Å². The van der Waals surface area contributed by atoms with Gasteiger partial charge in [0.15, 0.2) is 0 Å². The third-order valence-electron chi connectivity index (χ3n) is 3.19. The highest BCUT2D eigenvalue weighted by Gasteiger charge is 2.14. The molecule has 18 heavy (non-hydrogen) atoms. The fourth-order valence-corrected chi connectivity index (χ4v) is 1.82. The number of rotatable bonds is 7. The average Bonchev–Trinajstić information content (AvgIpc) is 2.38. The number of aliphatic hydroxyl groups is 1. The molecule has 0 spiro atoms. The molecule has 0 unspecified atom stereocenters. The molecule has 0 aliphatic carbocycles. The van der Waals surface area contributed by atoms with Gasteiger partial charge in [-0.1, -0.05) is 19.1 Å². The molecule has 3 heteroatoms. The van der Waals surface area contributed by atoms with Crippen molar-refractivity contribution in [3.63, 3.8) is 0 Å². The predicted molar refractivity (Wildman–Crippen MR) is 74.8 cm³/mol. The Morgan fingerprint density at radius 1 is 1.22 bits per heavy atom. The summed E-state index contributed by atoms with van der Waals surface area (Å²) in [6.45, 7) is 7.91. The summed E-state index contributed by atoms with van der Waals surface area (Å²) in [6.07, 6.45) is 0.553. The summed E-state index contributed by atoms with van der Waals surface area (Å²) in [5.41, 5.74) is 1.24. The van der Waals surface area contributed by atoms with Crippen LogP contribution >= 0.6 is 0 Å². The van der Waals surface area contributed by atoms with Crippen molar-refractivity contribution in [1.82, 2.24) is 4.90 Å². The number of aliphatic hydroxyl groups excluding tert-OH is 1. The van der Waals surface area contributed by atoms with E-state index in [1.165, 1.54) is 5.56 Å². The van der Waals surface area contributed by atoms with Crippen LogP contribution in [-0.4, -0.2) is 35.8 Å². The molecule has 0 aliphatic rings. The van der Waals surface area contributed by atoms with Gasteiger partial charge < -0.3 is 9.84 Å². The lowest BCUT2D eigenvalue weighted by Gasteiger charge is -2.28. The number of hydrogen-bond donors (Lipinski definition) is 1. The second-order valence-corrected chi connectivity index (χ2v) is 4.93. The van der Waals surface area contributed by atoms with Crippen molar-refractivity contribution in [2.75, 3.05) is 13.7 Å². The van der Waals surface area contributed by atoms with E-state index >= 15 is 0 Å². The highest BCUT2D eigenvalue weighted by Crippen LogP contribution is 2.14. The standard InChI is InChI=1S/C15H25NO2/c1-5-14(17)11-16(12(2)3)10-13-6-8-15(18-4)9-7-13/h6-9,12,14,17H,5,10-11H2,1-4H3/t14-/m0/s1. The zero-order valence-corrected chi connectivity index (χ0v) is 11.9. The molecular formula is C15H25NO2. The van der Waals surface area contributed by atoms with Crippen LogP contribution in [0.25, 0.3) is 0 Å². The van der Waals surface area contributed by atoms with E-state index in [1.807, 2.05) is 19.1 Å². The summed E-state index contributed by atoms with van der Waals surface area (Å²) in [7, 11) is 1.67. The molecule has 0 saturated carbocycles. The van der Waals surface area contributed by atoms with E-state index in [0.717, 1.165) is 25.3 Å². The number of methoxy groups -OCH3 is 1. The van der Waals surface area contributed by atoms with Gasteiger partial charge in [-0.15, -0.1) is 0 Å². The molecule has 0 amide bonds. The van der Waals surface area contributed by atoms with Gasteiger partial charge in [0, 0.05) is 19.1 Å². The van der Waals surface area contributed by atoms with E-state index in [9.17, 15) is 5.11 Å². The van der Waals surface area contributed by atoms with Gasteiger partial charge in [0.2, 0.25) is 0 Å². The number of benzene rings is 1. The van der Waals surface area contributed by atoms with Gasteiger partial charge >= 0.3 is 0 Å². The third kappa shape index (κ3) is 4.67. The maximum atomic E-state index is 9.78. The number of hydrogen-bond acceptors (Lipinski definition) is 3. The van der Waals surface area contributed by atoms with Crippen LogP contribution in [0.2, 0.25) is 0 Å². The molecule has 3 nitrogen and oxygen atoms in total. The van der Waals surface area contributed by atoms with E-state index in [0.29, 0.717) is 6.04 Å². The van der Waals surface area contributed by atoms with Crippen LogP contribution in [-0.2, 0) is 6.54 Å². The van der Waals surface area contributed by atoms with Crippen LogP contribution < -0.4 is 4.74 Å². The fraction of sp³-hybridized carbons (Fsp3) is 0.600. The minimum Gasteiger partial charge on any atom is -0.497 e. The largest absolute Gasteiger partial charge is 0.497 e. The van der Waals surface area contributed by atoms with Gasteiger partial charge in [-0.25, -0.2) is 0 Å². The zero-order chi connectivity index (χ0) is 13.5. The third-order valence-corrected chi connectivity index (χ3v) is 3.19. The summed E-state index contributed by atoms with van der Waals surface area (Å²) < 4.78 is 5.15. The summed E-state index contributed by atoms with van der Waals surface area (Å²) >= 11 is 0. The molecule has 1 atom stereocenters. The van der Waals surface area contributed by atoms with E-state index in [1.54, 1.807) is 7.11 Å². The number of ether oxygens (including phenoxy) is 1. The summed E-state index contributed by atoms with van der Waals surface area (Å²) in [6, 6.07) is 8.53. The van der Waals surface area contributed by atoms with Gasteiger partial charge in [0.25, 0.3) is 0 Å². The molecule has 0 fully saturated rings. The summed E-state index contributed by atoms with van der Waals surface area (Å²) in [5.74, 6) is 0.878. The molecule has 1 N–H and O–H groups in total. The van der Waals surface area contributed by atoms with Crippen LogP contribution in [0.1, 0.15) is 32.8 Å². The smallest absolute Gasteiger partial charge is 0.118 e. The Morgan fingerprint density at radius 3 is 2.28 bits per heavy atom. The maximum Gasteiger partial charge on any atom is 0.118 e. The molecule has 0 heterocycles. The van der Waals surface area contributed by atoms with Crippen LogP contribution in [0.4, 0.5) is 0 Å². The van der Waals surface area contributed by atoms with Crippen molar-refractivity contribution in [3.8, 4) is 5.75 Å². The average molecular weight is 251 g/mol. The topological polar surface area (TPSA) is 32.7 Å². The second kappa shape index (κ2) is 7.39. The molecule has 1 aromatic carbocycles. The molecule has 1 aromatic rings. The van der Waals surface area contributed by atoms with Crippen molar-refractivity contribution in [3.05, 3.63) is 29.8 Å². The van der Waals surface area contributed by atoms with Gasteiger partial charge in [0.05, 0.1) is 13.2 Å². The lowest BCUT2D eigenvalue weighted by atomic mass is 10.1. The van der Waals surface area contributed by atoms with Gasteiger partial charge in [-0.2, -0.15) is 0 Å². The minimum absolute atomic E-state index is 0.245. The molecule has 0 aliphatic heterocycles. The van der Waals surface area contributed by atoms with Crippen molar-refractivity contribution >= 4 is 0 Å². The molecular weight excluding hydrogens is 226 g/mol. The van der Waals surface area contributed by atoms with Crippen LogP contribution in [0.5, 0.6) is 5.75 Å². The highest BCUT2D eigenvalue weighted by atomic mass is 16.5. The fourth-order valence-electron chi connectivity index (χ4n) is 1.82. The summed E-state index contributed by atoms with van der Waals surface area (Å²) in [4.78, 5) is 2.29. The first kappa shape index (κ1) is 15.0. The van der Waals surface area contributed by atoms with Crippen molar-refractivity contribution in [1.29, 1.82) is 0 Å². The SMILES string of the molecule is CC[C@H](O)CN(Cc1ccc(OC)cc1)C(C)C. The normalized spacial score (nSPS) is 13.1. The number of nitrogens with zero attached hydrogens (tertiary/aromatic N) is 1. The Balaban J connectivity index is 2.64. The lowest BCUT2D eigenvalue weighted by Crippen LogP contribution is -2.36. The Labute approximate surface area is 110 Å². The lowest BCUT2D eigenvalue weighted by molar-refractivity contribution is 0.0881. The van der Waals surface area contributed by atoms with Gasteiger partial charge in [-0.3, -0.25) is 4.90 Å². The molecule has 102 valence electrons.